The highest BCUT2D eigenvalue weighted by molar-refractivity contribution is 6.44. The van der Waals surface area contributed by atoms with Gasteiger partial charge < -0.3 is 0 Å². The van der Waals surface area contributed by atoms with E-state index in [-0.39, 0.29) is 0 Å². The molecule has 1 aromatic rings. The predicted molar refractivity (Wildman–Crippen MR) is 51.6 cm³/mol. The molecule has 3 heteroatoms. The summed E-state index contributed by atoms with van der Waals surface area (Å²) in [7, 11) is 0. The lowest BCUT2D eigenvalue weighted by Gasteiger charge is -2.00. The minimum Gasteiger partial charge on any atom is -0.0984 e. The molecule has 1 aromatic carbocycles. The van der Waals surface area contributed by atoms with Crippen molar-refractivity contribution in [1.29, 1.82) is 0 Å². The lowest BCUT2D eigenvalue weighted by Crippen LogP contribution is -1.76. The van der Waals surface area contributed by atoms with Crippen LogP contribution in [0.25, 0.3) is 6.08 Å². The van der Waals surface area contributed by atoms with Crippen molar-refractivity contribution in [3.8, 4) is 0 Å². The van der Waals surface area contributed by atoms with E-state index in [1.807, 2.05) is 0 Å². The van der Waals surface area contributed by atoms with Gasteiger partial charge in [0.25, 0.3) is 0 Å². The normalized spacial score (nSPS) is 9.73. The average Bonchev–Trinajstić information content (AvgIpc) is 1.96. The molecule has 0 spiro atoms. The molecule has 0 unspecified atom stereocenters. The van der Waals surface area contributed by atoms with E-state index in [1.54, 1.807) is 18.2 Å². The fraction of sp³-hybridized carbons (Fsp3) is 0. The molecule has 0 saturated carbocycles. The molecule has 0 saturated heterocycles. The minimum atomic E-state index is 0.453. The molecule has 0 aliphatic rings. The fourth-order valence-corrected chi connectivity index (χ4v) is 1.42. The van der Waals surface area contributed by atoms with Gasteiger partial charge in [-0.25, -0.2) is 0 Å². The lowest BCUT2D eigenvalue weighted by atomic mass is 10.2. The molecule has 0 nitrogen and oxygen atoms in total. The molecule has 0 bridgehead atoms. The molecule has 58 valence electrons. The van der Waals surface area contributed by atoms with Gasteiger partial charge in [-0.3, -0.25) is 0 Å². The second-order valence-electron chi connectivity index (χ2n) is 1.99. The van der Waals surface area contributed by atoms with Gasteiger partial charge in [0.15, 0.2) is 0 Å². The quantitative estimate of drug-likeness (QED) is 0.603. The monoisotopic (exact) mass is 206 g/mol. The highest BCUT2D eigenvalue weighted by atomic mass is 35.5. The van der Waals surface area contributed by atoms with Gasteiger partial charge in [0.1, 0.15) is 0 Å². The van der Waals surface area contributed by atoms with Crippen LogP contribution in [0.5, 0.6) is 0 Å². The van der Waals surface area contributed by atoms with Crippen LogP contribution in [0.4, 0.5) is 0 Å². The molecule has 0 radical (unpaired) electrons. The number of rotatable bonds is 1. The molecular formula is C8H5Cl3. The Labute approximate surface area is 80.4 Å². The average molecular weight is 207 g/mol. The van der Waals surface area contributed by atoms with Crippen LogP contribution < -0.4 is 0 Å². The fourth-order valence-electron chi connectivity index (χ4n) is 0.724. The van der Waals surface area contributed by atoms with Crippen molar-refractivity contribution in [2.75, 3.05) is 0 Å². The van der Waals surface area contributed by atoms with Crippen molar-refractivity contribution in [2.24, 2.45) is 0 Å². The SMILES string of the molecule is C=Cc1cc(Cl)cc(Cl)c1Cl. The van der Waals surface area contributed by atoms with Crippen molar-refractivity contribution in [3.05, 3.63) is 39.3 Å². The maximum Gasteiger partial charge on any atom is 0.0665 e. The lowest BCUT2D eigenvalue weighted by molar-refractivity contribution is 1.66. The zero-order valence-electron chi connectivity index (χ0n) is 5.57. The first-order valence-corrected chi connectivity index (χ1v) is 4.05. The second-order valence-corrected chi connectivity index (χ2v) is 3.22. The number of benzene rings is 1. The van der Waals surface area contributed by atoms with E-state index in [0.717, 1.165) is 5.56 Å². The minimum absolute atomic E-state index is 0.453. The highest BCUT2D eigenvalue weighted by Crippen LogP contribution is 2.30. The van der Waals surface area contributed by atoms with Gasteiger partial charge in [-0.1, -0.05) is 47.5 Å². The largest absolute Gasteiger partial charge is 0.0984 e. The Morgan fingerprint density at radius 2 is 1.82 bits per heavy atom. The van der Waals surface area contributed by atoms with Crippen LogP contribution in [-0.4, -0.2) is 0 Å². The van der Waals surface area contributed by atoms with Gasteiger partial charge in [0.05, 0.1) is 10.0 Å². The van der Waals surface area contributed by atoms with E-state index >= 15 is 0 Å². The van der Waals surface area contributed by atoms with Gasteiger partial charge in [-0.05, 0) is 17.7 Å². The first-order valence-electron chi connectivity index (χ1n) is 2.92. The van der Waals surface area contributed by atoms with Gasteiger partial charge in [0, 0.05) is 5.02 Å². The van der Waals surface area contributed by atoms with Crippen molar-refractivity contribution >= 4 is 40.9 Å². The van der Waals surface area contributed by atoms with Crippen LogP contribution in [0.15, 0.2) is 18.7 Å². The molecule has 0 atom stereocenters. The van der Waals surface area contributed by atoms with E-state index < -0.39 is 0 Å². The van der Waals surface area contributed by atoms with Gasteiger partial charge in [0.2, 0.25) is 0 Å². The van der Waals surface area contributed by atoms with Crippen LogP contribution in [0, 0.1) is 0 Å². The third-order valence-electron chi connectivity index (χ3n) is 1.24. The summed E-state index contributed by atoms with van der Waals surface area (Å²) in [6.07, 6.45) is 1.61. The number of halogens is 3. The van der Waals surface area contributed by atoms with Gasteiger partial charge >= 0.3 is 0 Å². The van der Waals surface area contributed by atoms with Crippen LogP contribution >= 0.6 is 34.8 Å². The number of hydrogen-bond acceptors (Lipinski definition) is 0. The summed E-state index contributed by atoms with van der Waals surface area (Å²) in [6.45, 7) is 3.57. The Hall–Kier alpha value is -0.170. The summed E-state index contributed by atoms with van der Waals surface area (Å²) in [5, 5.41) is 1.51. The van der Waals surface area contributed by atoms with E-state index in [1.165, 1.54) is 0 Å². The zero-order valence-corrected chi connectivity index (χ0v) is 7.84. The summed E-state index contributed by atoms with van der Waals surface area (Å²) < 4.78 is 0. The molecule has 11 heavy (non-hydrogen) atoms. The molecule has 1 rings (SSSR count). The molecule has 0 amide bonds. The highest BCUT2D eigenvalue weighted by Gasteiger charge is 2.02. The third kappa shape index (κ3) is 1.90. The standard InChI is InChI=1S/C8H5Cl3/c1-2-5-3-6(9)4-7(10)8(5)11/h2-4H,1H2. The van der Waals surface area contributed by atoms with E-state index in [0.29, 0.717) is 15.1 Å². The Morgan fingerprint density at radius 1 is 1.18 bits per heavy atom. The molecule has 0 aliphatic carbocycles. The topological polar surface area (TPSA) is 0 Å². The zero-order chi connectivity index (χ0) is 8.43. The Morgan fingerprint density at radius 3 is 2.36 bits per heavy atom. The van der Waals surface area contributed by atoms with Crippen molar-refractivity contribution in [2.45, 2.75) is 0 Å². The van der Waals surface area contributed by atoms with Crippen molar-refractivity contribution in [1.82, 2.24) is 0 Å². The predicted octanol–water partition coefficient (Wildman–Crippen LogP) is 4.29. The molecule has 0 aromatic heterocycles. The Kier molecular flexibility index (Phi) is 2.83. The summed E-state index contributed by atoms with van der Waals surface area (Å²) in [5.41, 5.74) is 0.754. The summed E-state index contributed by atoms with van der Waals surface area (Å²) in [4.78, 5) is 0. The molecule has 0 heterocycles. The summed E-state index contributed by atoms with van der Waals surface area (Å²) in [5.74, 6) is 0. The maximum absolute atomic E-state index is 5.80. The molecule has 0 fully saturated rings. The molecule has 0 aliphatic heterocycles. The summed E-state index contributed by atoms with van der Waals surface area (Å²) in [6, 6.07) is 3.31. The Balaban J connectivity index is 3.35. The van der Waals surface area contributed by atoms with Crippen LogP contribution in [-0.2, 0) is 0 Å². The van der Waals surface area contributed by atoms with Crippen molar-refractivity contribution in [3.63, 3.8) is 0 Å². The summed E-state index contributed by atoms with van der Waals surface area (Å²) >= 11 is 17.2. The third-order valence-corrected chi connectivity index (χ3v) is 2.28. The molecule has 0 N–H and O–H groups in total. The first-order chi connectivity index (χ1) is 5.15. The smallest absolute Gasteiger partial charge is 0.0665 e. The Bertz CT molecular complexity index is 292. The maximum atomic E-state index is 5.80. The van der Waals surface area contributed by atoms with E-state index in [2.05, 4.69) is 6.58 Å². The van der Waals surface area contributed by atoms with Gasteiger partial charge in [-0.2, -0.15) is 0 Å². The van der Waals surface area contributed by atoms with Gasteiger partial charge in [-0.15, -0.1) is 0 Å². The van der Waals surface area contributed by atoms with E-state index in [4.69, 9.17) is 34.8 Å². The van der Waals surface area contributed by atoms with Crippen LogP contribution in [0.1, 0.15) is 5.56 Å². The number of hydrogen-bond donors (Lipinski definition) is 0. The van der Waals surface area contributed by atoms with Crippen LogP contribution in [0.2, 0.25) is 15.1 Å². The van der Waals surface area contributed by atoms with E-state index in [9.17, 15) is 0 Å². The second kappa shape index (κ2) is 3.48. The molecular weight excluding hydrogens is 202 g/mol. The van der Waals surface area contributed by atoms with Crippen molar-refractivity contribution < 1.29 is 0 Å². The van der Waals surface area contributed by atoms with Crippen LogP contribution in [0.3, 0.4) is 0 Å². The first kappa shape index (κ1) is 8.92.